The lowest BCUT2D eigenvalue weighted by Crippen LogP contribution is -2.44. The predicted molar refractivity (Wildman–Crippen MR) is 92.7 cm³/mol. The number of fused-ring (bicyclic) bond motifs is 3. The lowest BCUT2D eigenvalue weighted by Gasteiger charge is -2.43. The zero-order valence-electron chi connectivity index (χ0n) is 15.2. The van der Waals surface area contributed by atoms with Crippen molar-refractivity contribution in [2.75, 3.05) is 11.4 Å². The van der Waals surface area contributed by atoms with E-state index >= 15 is 0 Å². The molecule has 0 radical (unpaired) electrons. The van der Waals surface area contributed by atoms with Gasteiger partial charge in [-0.15, -0.1) is 0 Å². The quantitative estimate of drug-likeness (QED) is 0.712. The molecular formula is C19H31N3. The van der Waals surface area contributed by atoms with Crippen LogP contribution in [-0.4, -0.2) is 22.6 Å². The van der Waals surface area contributed by atoms with Crippen LogP contribution in [0.4, 0.5) is 5.82 Å². The molecule has 122 valence electrons. The van der Waals surface area contributed by atoms with Crippen LogP contribution >= 0.6 is 0 Å². The Morgan fingerprint density at radius 2 is 1.64 bits per heavy atom. The van der Waals surface area contributed by atoms with Crippen LogP contribution in [0.15, 0.2) is 0 Å². The molecule has 0 amide bonds. The minimum Gasteiger partial charge on any atom is -0.353 e. The fourth-order valence-corrected chi connectivity index (χ4v) is 3.79. The van der Waals surface area contributed by atoms with Gasteiger partial charge in [-0.1, -0.05) is 41.5 Å². The molecule has 1 atom stereocenters. The Labute approximate surface area is 135 Å². The van der Waals surface area contributed by atoms with Gasteiger partial charge in [-0.25, -0.2) is 9.97 Å². The summed E-state index contributed by atoms with van der Waals surface area (Å²) in [6.07, 6.45) is 6.43. The van der Waals surface area contributed by atoms with Gasteiger partial charge in [-0.05, 0) is 32.1 Å². The summed E-state index contributed by atoms with van der Waals surface area (Å²) in [7, 11) is 0. The number of anilines is 1. The number of hydrogen-bond donors (Lipinski definition) is 0. The second-order valence-corrected chi connectivity index (χ2v) is 9.08. The Morgan fingerprint density at radius 1 is 0.909 bits per heavy atom. The standard InChI is InChI=1S/C19H31N3/c1-18(2,3)15-14-11-10-13-9-7-8-12-22(13)16(14)21-17(20-15)19(4,5)6/h13H,7-12H2,1-6H3. The molecule has 1 saturated heterocycles. The van der Waals surface area contributed by atoms with E-state index in [4.69, 9.17) is 9.97 Å². The van der Waals surface area contributed by atoms with Gasteiger partial charge in [0.15, 0.2) is 0 Å². The fraction of sp³-hybridized carbons (Fsp3) is 0.789. The van der Waals surface area contributed by atoms with Crippen molar-refractivity contribution < 1.29 is 0 Å². The molecule has 0 N–H and O–H groups in total. The molecule has 1 fully saturated rings. The van der Waals surface area contributed by atoms with Crippen LogP contribution in [0.3, 0.4) is 0 Å². The van der Waals surface area contributed by atoms with Gasteiger partial charge in [-0.2, -0.15) is 0 Å². The highest BCUT2D eigenvalue weighted by Crippen LogP contribution is 2.39. The van der Waals surface area contributed by atoms with Gasteiger partial charge >= 0.3 is 0 Å². The molecule has 0 spiro atoms. The fourth-order valence-electron chi connectivity index (χ4n) is 3.79. The van der Waals surface area contributed by atoms with E-state index in [1.165, 1.54) is 49.3 Å². The third-order valence-corrected chi connectivity index (χ3v) is 4.99. The summed E-state index contributed by atoms with van der Waals surface area (Å²) in [5, 5.41) is 0. The molecule has 2 aliphatic heterocycles. The average Bonchev–Trinajstić information content (AvgIpc) is 2.44. The van der Waals surface area contributed by atoms with Gasteiger partial charge in [0.05, 0.1) is 5.69 Å². The Balaban J connectivity index is 2.17. The van der Waals surface area contributed by atoms with Crippen LogP contribution in [0.2, 0.25) is 0 Å². The molecule has 3 nitrogen and oxygen atoms in total. The summed E-state index contributed by atoms with van der Waals surface area (Å²) in [5.74, 6) is 2.25. The van der Waals surface area contributed by atoms with E-state index in [0.717, 1.165) is 12.2 Å². The van der Waals surface area contributed by atoms with Crippen molar-refractivity contribution >= 4 is 5.82 Å². The van der Waals surface area contributed by atoms with Crippen molar-refractivity contribution in [2.24, 2.45) is 0 Å². The molecular weight excluding hydrogens is 270 g/mol. The highest BCUT2D eigenvalue weighted by atomic mass is 15.2. The zero-order valence-corrected chi connectivity index (χ0v) is 15.2. The maximum atomic E-state index is 5.06. The van der Waals surface area contributed by atoms with Crippen molar-refractivity contribution in [3.8, 4) is 0 Å². The molecule has 1 aromatic rings. The molecule has 1 unspecified atom stereocenters. The van der Waals surface area contributed by atoms with E-state index < -0.39 is 0 Å². The number of rotatable bonds is 0. The van der Waals surface area contributed by atoms with Gasteiger partial charge in [0.1, 0.15) is 11.6 Å². The first-order chi connectivity index (χ1) is 10.2. The summed E-state index contributed by atoms with van der Waals surface area (Å²) in [5.41, 5.74) is 2.76. The van der Waals surface area contributed by atoms with Crippen LogP contribution < -0.4 is 4.90 Å². The smallest absolute Gasteiger partial charge is 0.136 e. The van der Waals surface area contributed by atoms with Crippen LogP contribution in [0, 0.1) is 0 Å². The number of piperidine rings is 1. The lowest BCUT2D eigenvalue weighted by atomic mass is 9.82. The SMILES string of the molecule is CC(C)(C)c1nc2c(c(C(C)(C)C)n1)CCC1CCCCN21. The summed E-state index contributed by atoms with van der Waals surface area (Å²) in [4.78, 5) is 12.7. The number of aromatic nitrogens is 2. The van der Waals surface area contributed by atoms with Crippen LogP contribution in [-0.2, 0) is 17.3 Å². The zero-order chi connectivity index (χ0) is 16.1. The van der Waals surface area contributed by atoms with Crippen molar-refractivity contribution in [3.63, 3.8) is 0 Å². The third-order valence-electron chi connectivity index (χ3n) is 4.99. The number of nitrogens with zero attached hydrogens (tertiary/aromatic N) is 3. The first-order valence-electron chi connectivity index (χ1n) is 8.86. The maximum absolute atomic E-state index is 5.06. The average molecular weight is 301 g/mol. The van der Waals surface area contributed by atoms with E-state index in [9.17, 15) is 0 Å². The molecule has 3 heteroatoms. The molecule has 3 rings (SSSR count). The molecule has 0 bridgehead atoms. The van der Waals surface area contributed by atoms with Crippen molar-refractivity contribution in [2.45, 2.75) is 90.5 Å². The van der Waals surface area contributed by atoms with E-state index in [-0.39, 0.29) is 10.8 Å². The predicted octanol–water partition coefficient (Wildman–Crippen LogP) is 4.38. The molecule has 0 aliphatic carbocycles. The molecule has 2 aliphatic rings. The normalized spacial score (nSPS) is 22.3. The first-order valence-corrected chi connectivity index (χ1v) is 8.86. The van der Waals surface area contributed by atoms with Crippen LogP contribution in [0.5, 0.6) is 0 Å². The van der Waals surface area contributed by atoms with Crippen LogP contribution in [0.1, 0.15) is 84.3 Å². The monoisotopic (exact) mass is 301 g/mol. The third kappa shape index (κ3) is 2.75. The van der Waals surface area contributed by atoms with E-state index in [1.807, 2.05) is 0 Å². The highest BCUT2D eigenvalue weighted by molar-refractivity contribution is 5.54. The summed E-state index contributed by atoms with van der Waals surface area (Å²) >= 11 is 0. The van der Waals surface area contributed by atoms with E-state index in [2.05, 4.69) is 46.4 Å². The van der Waals surface area contributed by atoms with Gasteiger partial charge in [0.25, 0.3) is 0 Å². The van der Waals surface area contributed by atoms with Gasteiger partial charge in [0.2, 0.25) is 0 Å². The summed E-state index contributed by atoms with van der Waals surface area (Å²) < 4.78 is 0. The molecule has 0 aromatic carbocycles. The van der Waals surface area contributed by atoms with Crippen LogP contribution in [0.25, 0.3) is 0 Å². The Morgan fingerprint density at radius 3 is 2.27 bits per heavy atom. The van der Waals surface area contributed by atoms with Gasteiger partial charge in [0, 0.05) is 29.0 Å². The Hall–Kier alpha value is -1.12. The molecule has 22 heavy (non-hydrogen) atoms. The summed E-state index contributed by atoms with van der Waals surface area (Å²) in [6, 6.07) is 0.705. The Bertz CT molecular complexity index is 563. The van der Waals surface area contributed by atoms with Crippen molar-refractivity contribution in [3.05, 3.63) is 17.1 Å². The van der Waals surface area contributed by atoms with E-state index in [1.54, 1.807) is 0 Å². The second-order valence-electron chi connectivity index (χ2n) is 9.08. The molecule has 3 heterocycles. The summed E-state index contributed by atoms with van der Waals surface area (Å²) in [6.45, 7) is 14.7. The minimum atomic E-state index is -0.00222. The topological polar surface area (TPSA) is 29.0 Å². The first kappa shape index (κ1) is 15.8. The largest absolute Gasteiger partial charge is 0.353 e. The van der Waals surface area contributed by atoms with Gasteiger partial charge < -0.3 is 4.90 Å². The van der Waals surface area contributed by atoms with Crippen molar-refractivity contribution in [1.29, 1.82) is 0 Å². The second kappa shape index (κ2) is 5.21. The van der Waals surface area contributed by atoms with Crippen molar-refractivity contribution in [1.82, 2.24) is 9.97 Å². The van der Waals surface area contributed by atoms with Gasteiger partial charge in [-0.3, -0.25) is 0 Å². The molecule has 1 aromatic heterocycles. The minimum absolute atomic E-state index is 0.00222. The number of hydrogen-bond acceptors (Lipinski definition) is 3. The Kier molecular flexibility index (Phi) is 3.73. The maximum Gasteiger partial charge on any atom is 0.136 e. The highest BCUT2D eigenvalue weighted by Gasteiger charge is 2.35. The molecule has 0 saturated carbocycles. The lowest BCUT2D eigenvalue weighted by molar-refractivity contribution is 0.409. The van der Waals surface area contributed by atoms with E-state index in [0.29, 0.717) is 6.04 Å².